The molecule has 146 valence electrons. The SMILES string of the molecule is CCOc1cc(C=C2NC(=O)NC2=O)cc(Br)c1OCc1ccc(Cl)cc1Cl. The molecule has 0 unspecified atom stereocenters. The molecule has 0 spiro atoms. The number of urea groups is 1. The van der Waals surface area contributed by atoms with Crippen LogP contribution in [-0.4, -0.2) is 18.5 Å². The fraction of sp³-hybridized carbons (Fsp3) is 0.158. The molecule has 9 heteroatoms. The van der Waals surface area contributed by atoms with Crippen LogP contribution in [0, 0.1) is 0 Å². The number of carbonyl (C=O) groups is 2. The zero-order valence-electron chi connectivity index (χ0n) is 14.6. The summed E-state index contributed by atoms with van der Waals surface area (Å²) in [6.07, 6.45) is 1.55. The summed E-state index contributed by atoms with van der Waals surface area (Å²) in [5.74, 6) is 0.491. The zero-order valence-corrected chi connectivity index (χ0v) is 17.7. The minimum atomic E-state index is -0.555. The summed E-state index contributed by atoms with van der Waals surface area (Å²) in [4.78, 5) is 23.0. The van der Waals surface area contributed by atoms with Crippen molar-refractivity contribution < 1.29 is 19.1 Å². The van der Waals surface area contributed by atoms with E-state index in [1.165, 1.54) is 0 Å². The first-order valence-corrected chi connectivity index (χ1v) is 9.79. The standard InChI is InChI=1S/C19H15BrCl2N2O4/c1-2-27-16-7-10(6-15-18(25)24-19(26)23-15)5-13(20)17(16)28-9-11-3-4-12(21)8-14(11)22/h3-8H,2,9H2,1H3,(H2,23,24,25,26). The van der Waals surface area contributed by atoms with Crippen molar-refractivity contribution >= 4 is 57.1 Å². The lowest BCUT2D eigenvalue weighted by Gasteiger charge is -2.15. The lowest BCUT2D eigenvalue weighted by atomic mass is 10.1. The van der Waals surface area contributed by atoms with Crippen molar-refractivity contribution in [1.82, 2.24) is 10.6 Å². The molecule has 0 atom stereocenters. The van der Waals surface area contributed by atoms with E-state index in [4.69, 9.17) is 32.7 Å². The second kappa shape index (κ2) is 8.86. The molecule has 3 rings (SSSR count). The fourth-order valence-electron chi connectivity index (χ4n) is 2.51. The Hall–Kier alpha value is -2.22. The molecule has 0 bridgehead atoms. The molecule has 2 aromatic rings. The van der Waals surface area contributed by atoms with Gasteiger partial charge in [0.25, 0.3) is 5.91 Å². The van der Waals surface area contributed by atoms with E-state index in [2.05, 4.69) is 26.6 Å². The van der Waals surface area contributed by atoms with Crippen molar-refractivity contribution in [3.05, 3.63) is 61.7 Å². The van der Waals surface area contributed by atoms with Crippen molar-refractivity contribution in [3.63, 3.8) is 0 Å². The summed E-state index contributed by atoms with van der Waals surface area (Å²) < 4.78 is 12.2. The maximum absolute atomic E-state index is 11.7. The number of rotatable bonds is 6. The highest BCUT2D eigenvalue weighted by molar-refractivity contribution is 9.10. The van der Waals surface area contributed by atoms with Gasteiger partial charge in [-0.1, -0.05) is 29.3 Å². The molecule has 0 aliphatic carbocycles. The second-order valence-electron chi connectivity index (χ2n) is 5.75. The topological polar surface area (TPSA) is 76.7 Å². The molecule has 1 aliphatic heterocycles. The smallest absolute Gasteiger partial charge is 0.326 e. The number of hydrogen-bond acceptors (Lipinski definition) is 4. The van der Waals surface area contributed by atoms with Gasteiger partial charge in [-0.05, 0) is 58.8 Å². The Morgan fingerprint density at radius 3 is 2.54 bits per heavy atom. The molecule has 28 heavy (non-hydrogen) atoms. The normalized spacial score (nSPS) is 14.8. The van der Waals surface area contributed by atoms with Crippen LogP contribution in [0.3, 0.4) is 0 Å². The summed E-state index contributed by atoms with van der Waals surface area (Å²) in [7, 11) is 0. The van der Waals surface area contributed by atoms with Gasteiger partial charge in [0.1, 0.15) is 12.3 Å². The maximum atomic E-state index is 11.7. The monoisotopic (exact) mass is 484 g/mol. The van der Waals surface area contributed by atoms with Gasteiger partial charge in [0.2, 0.25) is 0 Å². The van der Waals surface area contributed by atoms with Gasteiger partial charge in [-0.25, -0.2) is 4.79 Å². The largest absolute Gasteiger partial charge is 0.490 e. The molecule has 0 saturated carbocycles. The number of imide groups is 1. The molecule has 2 N–H and O–H groups in total. The van der Waals surface area contributed by atoms with E-state index in [0.717, 1.165) is 5.56 Å². The van der Waals surface area contributed by atoms with E-state index < -0.39 is 11.9 Å². The molecule has 1 fully saturated rings. The van der Waals surface area contributed by atoms with Gasteiger partial charge in [0, 0.05) is 15.6 Å². The number of benzene rings is 2. The van der Waals surface area contributed by atoms with E-state index in [1.54, 1.807) is 36.4 Å². The van der Waals surface area contributed by atoms with Crippen LogP contribution in [0.15, 0.2) is 40.5 Å². The van der Waals surface area contributed by atoms with Crippen LogP contribution in [-0.2, 0) is 11.4 Å². The van der Waals surface area contributed by atoms with Crippen LogP contribution in [0.1, 0.15) is 18.1 Å². The maximum Gasteiger partial charge on any atom is 0.326 e. The van der Waals surface area contributed by atoms with Crippen molar-refractivity contribution in [2.75, 3.05) is 6.61 Å². The van der Waals surface area contributed by atoms with Crippen LogP contribution in [0.25, 0.3) is 6.08 Å². The first-order chi connectivity index (χ1) is 13.4. The molecular formula is C19H15BrCl2N2O4. The molecule has 1 aliphatic rings. The number of halogens is 3. The van der Waals surface area contributed by atoms with Crippen molar-refractivity contribution in [2.45, 2.75) is 13.5 Å². The quantitative estimate of drug-likeness (QED) is 0.450. The molecular weight excluding hydrogens is 471 g/mol. The average molecular weight is 486 g/mol. The van der Waals surface area contributed by atoms with Crippen LogP contribution >= 0.6 is 39.1 Å². The highest BCUT2D eigenvalue weighted by Crippen LogP contribution is 2.38. The third kappa shape index (κ3) is 4.79. The first-order valence-electron chi connectivity index (χ1n) is 8.24. The second-order valence-corrected chi connectivity index (χ2v) is 7.45. The number of carbonyl (C=O) groups excluding carboxylic acids is 2. The van der Waals surface area contributed by atoms with Gasteiger partial charge in [0.05, 0.1) is 11.1 Å². The van der Waals surface area contributed by atoms with Crippen molar-refractivity contribution in [2.24, 2.45) is 0 Å². The predicted octanol–water partition coefficient (Wildman–Crippen LogP) is 4.91. The summed E-state index contributed by atoms with van der Waals surface area (Å²) in [6.45, 7) is 2.48. The van der Waals surface area contributed by atoms with E-state index in [9.17, 15) is 9.59 Å². The van der Waals surface area contributed by atoms with Gasteiger partial charge in [-0.2, -0.15) is 0 Å². The molecule has 0 aromatic heterocycles. The van der Waals surface area contributed by atoms with Crippen LogP contribution in [0.5, 0.6) is 11.5 Å². The van der Waals surface area contributed by atoms with Crippen LogP contribution in [0.4, 0.5) is 4.79 Å². The minimum Gasteiger partial charge on any atom is -0.490 e. The van der Waals surface area contributed by atoms with Crippen LogP contribution < -0.4 is 20.1 Å². The van der Waals surface area contributed by atoms with Crippen molar-refractivity contribution in [1.29, 1.82) is 0 Å². The molecule has 1 heterocycles. The Kier molecular flexibility index (Phi) is 6.49. The first kappa shape index (κ1) is 20.5. The summed E-state index contributed by atoms with van der Waals surface area (Å²) in [6, 6.07) is 8.10. The van der Waals surface area contributed by atoms with E-state index in [-0.39, 0.29) is 12.3 Å². The summed E-state index contributed by atoms with van der Waals surface area (Å²) in [5.41, 5.74) is 1.58. The number of amides is 3. The van der Waals surface area contributed by atoms with Gasteiger partial charge in [-0.15, -0.1) is 0 Å². The number of ether oxygens (including phenoxy) is 2. The lowest BCUT2D eigenvalue weighted by molar-refractivity contribution is -0.115. The average Bonchev–Trinajstić information content (AvgIpc) is 2.93. The molecule has 3 amide bonds. The Balaban J connectivity index is 1.87. The Morgan fingerprint density at radius 1 is 1.11 bits per heavy atom. The Bertz CT molecular complexity index is 979. The Labute approximate surface area is 179 Å². The summed E-state index contributed by atoms with van der Waals surface area (Å²) >= 11 is 15.6. The molecule has 6 nitrogen and oxygen atoms in total. The predicted molar refractivity (Wildman–Crippen MR) is 111 cm³/mol. The lowest BCUT2D eigenvalue weighted by Crippen LogP contribution is -2.22. The number of hydrogen-bond donors (Lipinski definition) is 2. The van der Waals surface area contributed by atoms with Crippen LogP contribution in [0.2, 0.25) is 10.0 Å². The van der Waals surface area contributed by atoms with Gasteiger partial charge in [0.15, 0.2) is 11.5 Å². The molecule has 2 aromatic carbocycles. The van der Waals surface area contributed by atoms with Crippen molar-refractivity contribution in [3.8, 4) is 11.5 Å². The van der Waals surface area contributed by atoms with E-state index in [0.29, 0.717) is 38.2 Å². The minimum absolute atomic E-state index is 0.154. The Morgan fingerprint density at radius 2 is 1.89 bits per heavy atom. The van der Waals surface area contributed by atoms with Gasteiger partial charge >= 0.3 is 6.03 Å². The fourth-order valence-corrected chi connectivity index (χ4v) is 3.55. The summed E-state index contributed by atoms with van der Waals surface area (Å²) in [5, 5.41) is 5.65. The number of nitrogens with one attached hydrogen (secondary N) is 2. The van der Waals surface area contributed by atoms with Gasteiger partial charge < -0.3 is 14.8 Å². The van der Waals surface area contributed by atoms with E-state index in [1.807, 2.05) is 6.92 Å². The highest BCUT2D eigenvalue weighted by atomic mass is 79.9. The third-order valence-corrected chi connectivity index (χ3v) is 4.93. The molecule has 1 saturated heterocycles. The highest BCUT2D eigenvalue weighted by Gasteiger charge is 2.23. The van der Waals surface area contributed by atoms with E-state index >= 15 is 0 Å². The molecule has 0 radical (unpaired) electrons. The van der Waals surface area contributed by atoms with Gasteiger partial charge in [-0.3, -0.25) is 10.1 Å². The zero-order chi connectivity index (χ0) is 20.3. The third-order valence-electron chi connectivity index (χ3n) is 3.75.